The molecule has 23 heavy (non-hydrogen) atoms. The van der Waals surface area contributed by atoms with E-state index in [-0.39, 0.29) is 11.9 Å². The number of amides is 1. The van der Waals surface area contributed by atoms with Crippen LogP contribution in [0, 0.1) is 5.82 Å². The Hall–Kier alpha value is -1.40. The van der Waals surface area contributed by atoms with Crippen molar-refractivity contribution < 1.29 is 13.9 Å². The lowest BCUT2D eigenvalue weighted by atomic mass is 10.1. The van der Waals surface area contributed by atoms with Crippen LogP contribution in [0.4, 0.5) is 9.18 Å². The number of rotatable bonds is 6. The van der Waals surface area contributed by atoms with Gasteiger partial charge in [0, 0.05) is 19.1 Å². The highest BCUT2D eigenvalue weighted by atomic mass is 79.9. The first-order valence-corrected chi connectivity index (χ1v) is 8.28. The maximum atomic E-state index is 13.2. The molecule has 1 aromatic carbocycles. The van der Waals surface area contributed by atoms with Crippen LogP contribution < -0.4 is 10.6 Å². The van der Waals surface area contributed by atoms with E-state index in [1.165, 1.54) is 6.07 Å². The molecule has 0 spiro atoms. The van der Waals surface area contributed by atoms with Crippen molar-refractivity contribution in [3.63, 3.8) is 0 Å². The van der Waals surface area contributed by atoms with Crippen molar-refractivity contribution in [2.45, 2.75) is 39.3 Å². The smallest absolute Gasteiger partial charge is 0.407 e. The van der Waals surface area contributed by atoms with Crippen molar-refractivity contribution >= 4 is 22.0 Å². The molecule has 1 amide bonds. The zero-order chi connectivity index (χ0) is 17.5. The fraction of sp³-hybridized carbons (Fsp3) is 0.471. The number of nitrogens with one attached hydrogen (secondary N) is 2. The molecule has 2 N–H and O–H groups in total. The number of halogens is 2. The third-order valence-corrected chi connectivity index (χ3v) is 3.52. The quantitative estimate of drug-likeness (QED) is 0.715. The molecule has 0 aliphatic heterocycles. The fourth-order valence-electron chi connectivity index (χ4n) is 1.77. The van der Waals surface area contributed by atoms with Crippen LogP contribution in [0.15, 0.2) is 34.8 Å². The number of hydrogen-bond donors (Lipinski definition) is 2. The Bertz CT molecular complexity index is 556. The van der Waals surface area contributed by atoms with Crippen LogP contribution in [0.25, 0.3) is 0 Å². The van der Waals surface area contributed by atoms with E-state index >= 15 is 0 Å². The summed E-state index contributed by atoms with van der Waals surface area (Å²) in [7, 11) is 0. The van der Waals surface area contributed by atoms with Crippen molar-refractivity contribution in [1.29, 1.82) is 0 Å². The Morgan fingerprint density at radius 3 is 2.61 bits per heavy atom. The zero-order valence-corrected chi connectivity index (χ0v) is 15.5. The predicted octanol–water partition coefficient (Wildman–Crippen LogP) is 4.32. The van der Waals surface area contributed by atoms with Gasteiger partial charge in [-0.1, -0.05) is 18.2 Å². The second kappa shape index (κ2) is 9.03. The van der Waals surface area contributed by atoms with E-state index in [1.54, 1.807) is 12.1 Å². The van der Waals surface area contributed by atoms with Crippen LogP contribution >= 0.6 is 15.9 Å². The van der Waals surface area contributed by atoms with E-state index in [4.69, 9.17) is 4.74 Å². The summed E-state index contributed by atoms with van der Waals surface area (Å²) in [5, 5.41) is 5.95. The molecule has 0 aromatic heterocycles. The van der Waals surface area contributed by atoms with Gasteiger partial charge in [-0.15, -0.1) is 0 Å². The minimum Gasteiger partial charge on any atom is -0.444 e. The van der Waals surface area contributed by atoms with Gasteiger partial charge in [-0.05, 0) is 61.3 Å². The molecule has 1 unspecified atom stereocenters. The largest absolute Gasteiger partial charge is 0.444 e. The first-order valence-electron chi connectivity index (χ1n) is 7.49. The van der Waals surface area contributed by atoms with Crippen LogP contribution in [-0.4, -0.2) is 24.8 Å². The summed E-state index contributed by atoms with van der Waals surface area (Å²) in [6.45, 7) is 8.52. The summed E-state index contributed by atoms with van der Waals surface area (Å²) in [5.41, 5.74) is 0.507. The Labute approximate surface area is 145 Å². The molecule has 1 atom stereocenters. The third-order valence-electron chi connectivity index (χ3n) is 2.92. The molecule has 0 aliphatic rings. The monoisotopic (exact) mass is 386 g/mol. The second-order valence-electron chi connectivity index (χ2n) is 6.16. The summed E-state index contributed by atoms with van der Waals surface area (Å²) in [4.78, 5) is 11.4. The highest BCUT2D eigenvalue weighted by Gasteiger charge is 2.14. The maximum absolute atomic E-state index is 13.2. The van der Waals surface area contributed by atoms with Crippen molar-refractivity contribution in [2.24, 2.45) is 0 Å². The van der Waals surface area contributed by atoms with Crippen LogP contribution in [0.1, 0.15) is 39.3 Å². The van der Waals surface area contributed by atoms with E-state index in [2.05, 4.69) is 26.6 Å². The number of hydrogen-bond acceptors (Lipinski definition) is 3. The van der Waals surface area contributed by atoms with Gasteiger partial charge in [-0.2, -0.15) is 0 Å². The van der Waals surface area contributed by atoms with Crippen molar-refractivity contribution in [2.75, 3.05) is 13.1 Å². The van der Waals surface area contributed by atoms with Crippen LogP contribution in [0.2, 0.25) is 0 Å². The number of carbonyl (C=O) groups is 1. The molecule has 0 heterocycles. The molecule has 128 valence electrons. The molecule has 1 aromatic rings. The normalized spacial score (nSPS) is 13.1. The molecule has 0 bridgehead atoms. The summed E-state index contributed by atoms with van der Waals surface area (Å²) in [6, 6.07) is 5.06. The van der Waals surface area contributed by atoms with Gasteiger partial charge in [0.1, 0.15) is 11.4 Å². The molecule has 1 rings (SSSR count). The van der Waals surface area contributed by atoms with Crippen molar-refractivity contribution in [3.8, 4) is 0 Å². The highest BCUT2D eigenvalue weighted by Crippen LogP contribution is 2.21. The molecule has 0 aliphatic carbocycles. The Morgan fingerprint density at radius 1 is 1.35 bits per heavy atom. The summed E-state index contributed by atoms with van der Waals surface area (Å²) >= 11 is 3.18. The topological polar surface area (TPSA) is 50.4 Å². The average molecular weight is 387 g/mol. The van der Waals surface area contributed by atoms with Gasteiger partial charge in [0.25, 0.3) is 0 Å². The minimum absolute atomic E-state index is 0.0929. The Kier molecular flexibility index (Phi) is 7.72. The van der Waals surface area contributed by atoms with Crippen LogP contribution in [-0.2, 0) is 4.74 Å². The summed E-state index contributed by atoms with van der Waals surface area (Å²) < 4.78 is 18.8. The average Bonchev–Trinajstić information content (AvgIpc) is 2.43. The first kappa shape index (κ1) is 19.6. The number of benzene rings is 1. The highest BCUT2D eigenvalue weighted by molar-refractivity contribution is 9.10. The van der Waals surface area contributed by atoms with Gasteiger partial charge in [0.15, 0.2) is 0 Å². The van der Waals surface area contributed by atoms with E-state index in [1.807, 2.05) is 39.8 Å². The third kappa shape index (κ3) is 8.13. The maximum Gasteiger partial charge on any atom is 0.407 e. The minimum atomic E-state index is -0.492. The molecule has 6 heteroatoms. The van der Waals surface area contributed by atoms with E-state index in [9.17, 15) is 9.18 Å². The van der Waals surface area contributed by atoms with Crippen molar-refractivity contribution in [3.05, 3.63) is 46.2 Å². The van der Waals surface area contributed by atoms with Gasteiger partial charge in [0.2, 0.25) is 0 Å². The Morgan fingerprint density at radius 2 is 2.00 bits per heavy atom. The van der Waals surface area contributed by atoms with E-state index in [0.29, 0.717) is 17.6 Å². The molecular formula is C17H24BrFN2O2. The zero-order valence-electron chi connectivity index (χ0n) is 14.0. The fourth-order valence-corrected chi connectivity index (χ4v) is 2.16. The van der Waals surface area contributed by atoms with Crippen LogP contribution in [0.5, 0.6) is 0 Å². The molecular weight excluding hydrogens is 363 g/mol. The van der Waals surface area contributed by atoms with Gasteiger partial charge < -0.3 is 15.4 Å². The van der Waals surface area contributed by atoms with E-state index < -0.39 is 11.7 Å². The predicted molar refractivity (Wildman–Crippen MR) is 93.9 cm³/mol. The first-order chi connectivity index (χ1) is 10.7. The number of alkyl carbamates (subject to hydrolysis) is 1. The lowest BCUT2D eigenvalue weighted by molar-refractivity contribution is 0.0534. The SMILES string of the molecule is CC(NC/C=C/CNC(=O)OC(C)(C)C)c1ccc(F)c(Br)c1. The number of carbonyl (C=O) groups excluding carboxylic acids is 1. The van der Waals surface area contributed by atoms with E-state index in [0.717, 1.165) is 5.56 Å². The molecule has 0 saturated carbocycles. The second-order valence-corrected chi connectivity index (χ2v) is 7.01. The van der Waals surface area contributed by atoms with Crippen LogP contribution in [0.3, 0.4) is 0 Å². The van der Waals surface area contributed by atoms with Crippen molar-refractivity contribution in [1.82, 2.24) is 10.6 Å². The lowest BCUT2D eigenvalue weighted by Gasteiger charge is -2.19. The summed E-state index contributed by atoms with van der Waals surface area (Å²) in [6.07, 6.45) is 3.34. The standard InChI is InChI=1S/C17H24BrFN2O2/c1-12(13-7-8-15(19)14(18)11-13)20-9-5-6-10-21-16(22)23-17(2,3)4/h5-8,11-12,20H,9-10H2,1-4H3,(H,21,22)/b6-5+. The summed E-state index contributed by atoms with van der Waals surface area (Å²) in [5.74, 6) is -0.269. The molecule has 4 nitrogen and oxygen atoms in total. The van der Waals surface area contributed by atoms with Gasteiger partial charge in [0.05, 0.1) is 4.47 Å². The Balaban J connectivity index is 2.28. The molecule has 0 fully saturated rings. The van der Waals surface area contributed by atoms with Gasteiger partial charge >= 0.3 is 6.09 Å². The molecule has 0 radical (unpaired) electrons. The molecule has 0 saturated heterocycles. The lowest BCUT2D eigenvalue weighted by Crippen LogP contribution is -2.32. The van der Waals surface area contributed by atoms with Gasteiger partial charge in [-0.3, -0.25) is 0 Å². The van der Waals surface area contributed by atoms with Gasteiger partial charge in [-0.25, -0.2) is 9.18 Å². The number of ether oxygens (including phenoxy) is 1.